The van der Waals surface area contributed by atoms with E-state index in [1.807, 2.05) is 6.07 Å². The number of nitrogens with zero attached hydrogens (tertiary/aromatic N) is 3. The highest BCUT2D eigenvalue weighted by molar-refractivity contribution is 7.88. The zero-order valence-electron chi connectivity index (χ0n) is 15.2. The summed E-state index contributed by atoms with van der Waals surface area (Å²) in [7, 11) is -3.81. The molecule has 1 aromatic carbocycles. The van der Waals surface area contributed by atoms with Crippen LogP contribution in [0.3, 0.4) is 0 Å². The predicted molar refractivity (Wildman–Crippen MR) is 103 cm³/mol. The Hall–Kier alpha value is -2.66. The van der Waals surface area contributed by atoms with Crippen LogP contribution in [0.15, 0.2) is 43.0 Å². The first kappa shape index (κ1) is 20.6. The second kappa shape index (κ2) is 9.33. The van der Waals surface area contributed by atoms with Crippen LogP contribution in [-0.4, -0.2) is 49.0 Å². The third-order valence-electron chi connectivity index (χ3n) is 4.54. The van der Waals surface area contributed by atoms with Crippen molar-refractivity contribution in [2.24, 2.45) is 5.92 Å². The number of amidine groups is 1. The maximum atomic E-state index is 12.9. The van der Waals surface area contributed by atoms with Crippen molar-refractivity contribution in [2.45, 2.75) is 25.0 Å². The van der Waals surface area contributed by atoms with Crippen LogP contribution in [0.2, 0.25) is 0 Å². The predicted octanol–water partition coefficient (Wildman–Crippen LogP) is 2.13. The third kappa shape index (κ3) is 5.41. The minimum Gasteiger partial charge on any atom is -0.360 e. The molecule has 1 aliphatic heterocycles. The second-order valence-corrected chi connectivity index (χ2v) is 8.34. The molecule has 1 aromatic rings. The Balaban J connectivity index is 2.08. The Morgan fingerprint density at radius 3 is 2.52 bits per heavy atom. The second-order valence-electron chi connectivity index (χ2n) is 6.44. The molecule has 0 radical (unpaired) electrons. The molecule has 0 unspecified atom stereocenters. The lowest BCUT2D eigenvalue weighted by Crippen LogP contribution is -2.46. The number of amides is 1. The van der Waals surface area contributed by atoms with Gasteiger partial charge in [0, 0.05) is 19.0 Å². The van der Waals surface area contributed by atoms with Crippen molar-refractivity contribution in [1.29, 1.82) is 10.7 Å². The van der Waals surface area contributed by atoms with E-state index in [4.69, 9.17) is 10.7 Å². The number of nitriles is 1. The van der Waals surface area contributed by atoms with Gasteiger partial charge in [0.05, 0.1) is 24.8 Å². The normalized spacial score (nSPS) is 15.0. The van der Waals surface area contributed by atoms with E-state index in [0.29, 0.717) is 31.5 Å². The van der Waals surface area contributed by atoms with Crippen molar-refractivity contribution in [3.63, 3.8) is 0 Å². The SMILES string of the molecule is C=CCN(C(=O)C1CCN(C(=N)CC#N)CC1)S(=O)(=O)Cc1ccccc1. The van der Waals surface area contributed by atoms with Gasteiger partial charge in [-0.2, -0.15) is 5.26 Å². The van der Waals surface area contributed by atoms with Gasteiger partial charge in [-0.1, -0.05) is 36.4 Å². The Morgan fingerprint density at radius 1 is 1.33 bits per heavy atom. The molecule has 1 N–H and O–H groups in total. The van der Waals surface area contributed by atoms with Crippen LogP contribution in [0.25, 0.3) is 0 Å². The van der Waals surface area contributed by atoms with E-state index in [1.54, 1.807) is 35.2 Å². The molecule has 0 atom stereocenters. The molecule has 0 aliphatic carbocycles. The van der Waals surface area contributed by atoms with Gasteiger partial charge in [0.25, 0.3) is 0 Å². The number of hydrogen-bond acceptors (Lipinski definition) is 5. The molecule has 0 spiro atoms. The molecule has 1 amide bonds. The third-order valence-corrected chi connectivity index (χ3v) is 6.24. The number of piperidine rings is 1. The van der Waals surface area contributed by atoms with Crippen molar-refractivity contribution in [3.8, 4) is 6.07 Å². The number of likely N-dealkylation sites (tertiary alicyclic amines) is 1. The fraction of sp³-hybridized carbons (Fsp3) is 0.421. The van der Waals surface area contributed by atoms with E-state index in [-0.39, 0.29) is 24.6 Å². The van der Waals surface area contributed by atoms with Gasteiger partial charge in [-0.15, -0.1) is 6.58 Å². The lowest BCUT2D eigenvalue weighted by atomic mass is 9.95. The summed E-state index contributed by atoms with van der Waals surface area (Å²) in [5.74, 6) is -0.832. The maximum absolute atomic E-state index is 12.9. The first-order valence-corrected chi connectivity index (χ1v) is 10.4. The molecule has 1 aliphatic rings. The van der Waals surface area contributed by atoms with Gasteiger partial charge in [0.15, 0.2) is 0 Å². The van der Waals surface area contributed by atoms with Crippen LogP contribution in [0, 0.1) is 22.7 Å². The van der Waals surface area contributed by atoms with E-state index >= 15 is 0 Å². The average molecular weight is 388 g/mol. The van der Waals surface area contributed by atoms with Gasteiger partial charge in [0.1, 0.15) is 5.84 Å². The minimum absolute atomic E-state index is 0.0344. The first-order valence-electron chi connectivity index (χ1n) is 8.77. The van der Waals surface area contributed by atoms with Gasteiger partial charge in [0.2, 0.25) is 15.9 Å². The molecular formula is C19H24N4O3S. The Morgan fingerprint density at radius 2 is 1.96 bits per heavy atom. The number of nitrogens with one attached hydrogen (secondary N) is 1. The van der Waals surface area contributed by atoms with E-state index in [2.05, 4.69) is 6.58 Å². The molecule has 2 rings (SSSR count). The molecule has 0 bridgehead atoms. The molecule has 1 saturated heterocycles. The van der Waals surface area contributed by atoms with E-state index in [0.717, 1.165) is 4.31 Å². The monoisotopic (exact) mass is 388 g/mol. The molecule has 0 aromatic heterocycles. The van der Waals surface area contributed by atoms with Crippen LogP contribution in [0.1, 0.15) is 24.8 Å². The first-order chi connectivity index (χ1) is 12.9. The van der Waals surface area contributed by atoms with Gasteiger partial charge in [-0.3, -0.25) is 10.2 Å². The van der Waals surface area contributed by atoms with Gasteiger partial charge in [-0.05, 0) is 18.4 Å². The van der Waals surface area contributed by atoms with Crippen molar-refractivity contribution in [2.75, 3.05) is 19.6 Å². The number of benzene rings is 1. The summed E-state index contributed by atoms with van der Waals surface area (Å²) in [5.41, 5.74) is 0.624. The van der Waals surface area contributed by atoms with E-state index in [9.17, 15) is 13.2 Å². The highest BCUT2D eigenvalue weighted by Gasteiger charge is 2.34. The smallest absolute Gasteiger partial charge is 0.241 e. The number of hydrogen-bond donors (Lipinski definition) is 1. The zero-order chi connectivity index (χ0) is 19.9. The lowest BCUT2D eigenvalue weighted by molar-refractivity contribution is -0.131. The Labute approximate surface area is 160 Å². The minimum atomic E-state index is -3.81. The van der Waals surface area contributed by atoms with Crippen molar-refractivity contribution in [3.05, 3.63) is 48.6 Å². The van der Waals surface area contributed by atoms with Crippen LogP contribution in [0.4, 0.5) is 0 Å². The van der Waals surface area contributed by atoms with Crippen LogP contribution >= 0.6 is 0 Å². The molecule has 1 heterocycles. The molecule has 7 nitrogen and oxygen atoms in total. The molecule has 1 fully saturated rings. The van der Waals surface area contributed by atoms with Crippen LogP contribution in [-0.2, 0) is 20.6 Å². The molecule has 8 heteroatoms. The summed E-state index contributed by atoms with van der Waals surface area (Å²) in [6.07, 6.45) is 2.37. The standard InChI is InChI=1S/C19H24N4O3S/c1-2-12-23(27(25,26)15-16-6-4-3-5-7-16)19(24)17-9-13-22(14-10-17)18(21)8-11-20/h2-7,17,21H,1,8-10,12-15H2. The topological polar surface area (TPSA) is 105 Å². The average Bonchev–Trinajstić information content (AvgIpc) is 2.66. The van der Waals surface area contributed by atoms with Gasteiger partial charge < -0.3 is 4.90 Å². The highest BCUT2D eigenvalue weighted by atomic mass is 32.2. The number of carbonyl (C=O) groups is 1. The summed E-state index contributed by atoms with van der Waals surface area (Å²) in [4.78, 5) is 14.7. The summed E-state index contributed by atoms with van der Waals surface area (Å²) >= 11 is 0. The summed E-state index contributed by atoms with van der Waals surface area (Å²) in [6, 6.07) is 10.7. The molecule has 27 heavy (non-hydrogen) atoms. The molecule has 144 valence electrons. The van der Waals surface area contributed by atoms with Crippen LogP contribution < -0.4 is 0 Å². The Bertz CT molecular complexity index is 822. The van der Waals surface area contributed by atoms with Crippen molar-refractivity contribution in [1.82, 2.24) is 9.21 Å². The van der Waals surface area contributed by atoms with E-state index in [1.165, 1.54) is 6.08 Å². The van der Waals surface area contributed by atoms with E-state index < -0.39 is 21.8 Å². The van der Waals surface area contributed by atoms with Crippen molar-refractivity contribution < 1.29 is 13.2 Å². The molecular weight excluding hydrogens is 364 g/mol. The number of rotatable bonds is 7. The largest absolute Gasteiger partial charge is 0.360 e. The van der Waals surface area contributed by atoms with Gasteiger partial charge >= 0.3 is 0 Å². The molecule has 0 saturated carbocycles. The maximum Gasteiger partial charge on any atom is 0.241 e. The fourth-order valence-electron chi connectivity index (χ4n) is 3.11. The highest BCUT2D eigenvalue weighted by Crippen LogP contribution is 2.23. The summed E-state index contributed by atoms with van der Waals surface area (Å²) in [6.45, 7) is 4.46. The quantitative estimate of drug-likeness (QED) is 0.438. The summed E-state index contributed by atoms with van der Waals surface area (Å²) < 4.78 is 26.5. The lowest BCUT2D eigenvalue weighted by Gasteiger charge is -2.34. The number of carbonyl (C=O) groups excluding carboxylic acids is 1. The van der Waals surface area contributed by atoms with Crippen molar-refractivity contribution >= 4 is 21.8 Å². The van der Waals surface area contributed by atoms with Crippen LogP contribution in [0.5, 0.6) is 0 Å². The fourth-order valence-corrected chi connectivity index (χ4v) is 4.63. The Kier molecular flexibility index (Phi) is 7.13. The van der Waals surface area contributed by atoms with Gasteiger partial charge in [-0.25, -0.2) is 12.7 Å². The zero-order valence-corrected chi connectivity index (χ0v) is 16.0. The number of sulfonamides is 1. The summed E-state index contributed by atoms with van der Waals surface area (Å²) in [5, 5.41) is 16.5.